The lowest BCUT2D eigenvalue weighted by Gasteiger charge is -2.07. The molecule has 110 valence electrons. The lowest BCUT2D eigenvalue weighted by Crippen LogP contribution is -2.24. The number of anilines is 1. The summed E-state index contributed by atoms with van der Waals surface area (Å²) >= 11 is 0. The van der Waals surface area contributed by atoms with Crippen molar-refractivity contribution in [2.24, 2.45) is 0 Å². The monoisotopic (exact) mass is 290 g/mol. The Morgan fingerprint density at radius 2 is 1.48 bits per heavy atom. The van der Waals surface area contributed by atoms with Crippen LogP contribution in [0.4, 0.5) is 14.5 Å². The summed E-state index contributed by atoms with van der Waals surface area (Å²) in [5, 5.41) is 5.78. The van der Waals surface area contributed by atoms with Crippen LogP contribution in [0.25, 0.3) is 0 Å². The van der Waals surface area contributed by atoms with Gasteiger partial charge in [-0.3, -0.25) is 4.79 Å². The number of carbonyl (C=O) groups is 1. The van der Waals surface area contributed by atoms with Crippen molar-refractivity contribution >= 4 is 11.6 Å². The molecule has 5 heteroatoms. The fourth-order valence-electron chi connectivity index (χ4n) is 1.78. The van der Waals surface area contributed by atoms with E-state index in [4.69, 9.17) is 0 Å². The molecular weight excluding hydrogens is 274 g/mol. The summed E-state index contributed by atoms with van der Waals surface area (Å²) < 4.78 is 25.4. The average Bonchev–Trinajstić information content (AvgIpc) is 2.49. The van der Waals surface area contributed by atoms with E-state index < -0.39 is 0 Å². The summed E-state index contributed by atoms with van der Waals surface area (Å²) in [4.78, 5) is 11.6. The molecule has 0 spiro atoms. The molecule has 2 rings (SSSR count). The molecule has 0 aromatic heterocycles. The molecule has 3 nitrogen and oxygen atoms in total. The van der Waals surface area contributed by atoms with Crippen LogP contribution in [-0.4, -0.2) is 12.5 Å². The van der Waals surface area contributed by atoms with Crippen molar-refractivity contribution in [3.8, 4) is 0 Å². The maximum atomic E-state index is 12.7. The summed E-state index contributed by atoms with van der Waals surface area (Å²) in [5.74, 6) is -0.694. The third-order valence-electron chi connectivity index (χ3n) is 2.93. The van der Waals surface area contributed by atoms with Gasteiger partial charge in [-0.1, -0.05) is 12.1 Å². The van der Waals surface area contributed by atoms with Crippen LogP contribution >= 0.6 is 0 Å². The molecule has 2 N–H and O–H groups in total. The van der Waals surface area contributed by atoms with E-state index in [0.29, 0.717) is 19.5 Å². The average molecular weight is 290 g/mol. The van der Waals surface area contributed by atoms with Crippen LogP contribution in [0.3, 0.4) is 0 Å². The van der Waals surface area contributed by atoms with Crippen LogP contribution in [0.1, 0.15) is 12.0 Å². The minimum Gasteiger partial charge on any atom is -0.385 e. The molecule has 0 aliphatic heterocycles. The first-order valence-electron chi connectivity index (χ1n) is 6.64. The smallest absolute Gasteiger partial charge is 0.222 e. The summed E-state index contributed by atoms with van der Waals surface area (Å²) in [5.41, 5.74) is 1.61. The summed E-state index contributed by atoms with van der Waals surface area (Å²) in [7, 11) is 0. The first-order chi connectivity index (χ1) is 10.1. The molecule has 1 amide bonds. The van der Waals surface area contributed by atoms with Crippen LogP contribution in [-0.2, 0) is 11.3 Å². The summed E-state index contributed by atoms with van der Waals surface area (Å²) in [6.45, 7) is 0.830. The predicted octanol–water partition coefficient (Wildman–Crippen LogP) is 3.08. The molecule has 0 fully saturated rings. The van der Waals surface area contributed by atoms with E-state index in [9.17, 15) is 13.6 Å². The number of carbonyl (C=O) groups excluding carboxylic acids is 1. The molecule has 0 bridgehead atoms. The van der Waals surface area contributed by atoms with Gasteiger partial charge in [0.05, 0.1) is 0 Å². The zero-order valence-electron chi connectivity index (χ0n) is 11.4. The Bertz CT molecular complexity index is 582. The van der Waals surface area contributed by atoms with E-state index in [1.165, 1.54) is 24.3 Å². The second kappa shape index (κ2) is 7.38. The second-order valence-electron chi connectivity index (χ2n) is 4.59. The molecule has 0 heterocycles. The molecule has 2 aromatic rings. The molecule has 0 unspecified atom stereocenters. The molecule has 2 aromatic carbocycles. The lowest BCUT2D eigenvalue weighted by molar-refractivity contribution is -0.121. The van der Waals surface area contributed by atoms with Crippen molar-refractivity contribution in [2.75, 3.05) is 11.9 Å². The maximum absolute atomic E-state index is 12.7. The Morgan fingerprint density at radius 3 is 2.10 bits per heavy atom. The molecule has 0 saturated carbocycles. The molecule has 0 aliphatic carbocycles. The van der Waals surface area contributed by atoms with Gasteiger partial charge in [0.25, 0.3) is 0 Å². The fraction of sp³-hybridized carbons (Fsp3) is 0.188. The highest BCUT2D eigenvalue weighted by atomic mass is 19.1. The molecular formula is C16H16F2N2O. The van der Waals surface area contributed by atoms with Gasteiger partial charge >= 0.3 is 0 Å². The van der Waals surface area contributed by atoms with Crippen LogP contribution in [0.15, 0.2) is 48.5 Å². The Labute approximate surface area is 122 Å². The van der Waals surface area contributed by atoms with Crippen LogP contribution < -0.4 is 10.6 Å². The first-order valence-corrected chi connectivity index (χ1v) is 6.64. The number of halogens is 2. The quantitative estimate of drug-likeness (QED) is 0.858. The number of nitrogens with one attached hydrogen (secondary N) is 2. The predicted molar refractivity (Wildman–Crippen MR) is 77.8 cm³/mol. The molecule has 0 radical (unpaired) electrons. The Kier molecular flexibility index (Phi) is 5.26. The van der Waals surface area contributed by atoms with E-state index in [2.05, 4.69) is 10.6 Å². The Hall–Kier alpha value is -2.43. The largest absolute Gasteiger partial charge is 0.385 e. The number of benzene rings is 2. The third kappa shape index (κ3) is 5.22. The molecule has 0 saturated heterocycles. The highest BCUT2D eigenvalue weighted by Gasteiger charge is 2.02. The standard InChI is InChI=1S/C16H16F2N2O/c17-13-3-1-12(2-4-13)11-20-16(21)9-10-19-15-7-5-14(18)6-8-15/h1-8,19H,9-11H2,(H,20,21). The summed E-state index contributed by atoms with van der Waals surface area (Å²) in [6, 6.07) is 11.9. The minimum atomic E-state index is -0.298. The van der Waals surface area contributed by atoms with Gasteiger partial charge in [0.15, 0.2) is 0 Å². The van der Waals surface area contributed by atoms with Crippen LogP contribution in [0, 0.1) is 11.6 Å². The van der Waals surface area contributed by atoms with E-state index in [1.807, 2.05) is 0 Å². The topological polar surface area (TPSA) is 41.1 Å². The zero-order chi connectivity index (χ0) is 15.1. The third-order valence-corrected chi connectivity index (χ3v) is 2.93. The van der Waals surface area contributed by atoms with Crippen molar-refractivity contribution in [2.45, 2.75) is 13.0 Å². The van der Waals surface area contributed by atoms with Gasteiger partial charge in [0.1, 0.15) is 11.6 Å². The number of amides is 1. The van der Waals surface area contributed by atoms with Gasteiger partial charge in [-0.2, -0.15) is 0 Å². The molecule has 0 atom stereocenters. The lowest BCUT2D eigenvalue weighted by atomic mass is 10.2. The normalized spacial score (nSPS) is 10.2. The Morgan fingerprint density at radius 1 is 0.905 bits per heavy atom. The van der Waals surface area contributed by atoms with Gasteiger partial charge in [-0.05, 0) is 42.0 Å². The summed E-state index contributed by atoms with van der Waals surface area (Å²) in [6.07, 6.45) is 0.304. The van der Waals surface area contributed by atoms with Gasteiger partial charge in [0, 0.05) is 25.2 Å². The van der Waals surface area contributed by atoms with Gasteiger partial charge in [0.2, 0.25) is 5.91 Å². The number of hydrogen-bond donors (Lipinski definition) is 2. The van der Waals surface area contributed by atoms with Crippen molar-refractivity contribution in [3.63, 3.8) is 0 Å². The van der Waals surface area contributed by atoms with E-state index in [1.54, 1.807) is 24.3 Å². The molecule has 21 heavy (non-hydrogen) atoms. The van der Waals surface area contributed by atoms with Crippen molar-refractivity contribution < 1.29 is 13.6 Å². The SMILES string of the molecule is O=C(CCNc1ccc(F)cc1)NCc1ccc(F)cc1. The highest BCUT2D eigenvalue weighted by Crippen LogP contribution is 2.08. The van der Waals surface area contributed by atoms with Crippen molar-refractivity contribution in [3.05, 3.63) is 65.7 Å². The Balaban J connectivity index is 1.67. The van der Waals surface area contributed by atoms with Gasteiger partial charge < -0.3 is 10.6 Å². The molecule has 0 aliphatic rings. The highest BCUT2D eigenvalue weighted by molar-refractivity contribution is 5.76. The zero-order valence-corrected chi connectivity index (χ0v) is 11.4. The minimum absolute atomic E-state index is 0.103. The van der Waals surface area contributed by atoms with Gasteiger partial charge in [-0.25, -0.2) is 8.78 Å². The van der Waals surface area contributed by atoms with Gasteiger partial charge in [-0.15, -0.1) is 0 Å². The van der Waals surface area contributed by atoms with E-state index in [-0.39, 0.29) is 17.5 Å². The van der Waals surface area contributed by atoms with Crippen LogP contribution in [0.5, 0.6) is 0 Å². The number of rotatable bonds is 6. The van der Waals surface area contributed by atoms with E-state index in [0.717, 1.165) is 11.3 Å². The number of hydrogen-bond acceptors (Lipinski definition) is 2. The first kappa shape index (κ1) is 15.0. The fourth-order valence-corrected chi connectivity index (χ4v) is 1.78. The maximum Gasteiger partial charge on any atom is 0.222 e. The van der Waals surface area contributed by atoms with Crippen LogP contribution in [0.2, 0.25) is 0 Å². The van der Waals surface area contributed by atoms with Crippen molar-refractivity contribution in [1.82, 2.24) is 5.32 Å². The van der Waals surface area contributed by atoms with E-state index >= 15 is 0 Å². The van der Waals surface area contributed by atoms with Crippen molar-refractivity contribution in [1.29, 1.82) is 0 Å². The second-order valence-corrected chi connectivity index (χ2v) is 4.59.